The Morgan fingerprint density at radius 1 is 1.37 bits per heavy atom. The van der Waals surface area contributed by atoms with Crippen LogP contribution < -0.4 is 5.32 Å². The largest absolute Gasteiger partial charge is 0.396 e. The second-order valence-electron chi connectivity index (χ2n) is 5.79. The van der Waals surface area contributed by atoms with Crippen molar-refractivity contribution in [3.63, 3.8) is 0 Å². The van der Waals surface area contributed by atoms with Crippen LogP contribution in [0.15, 0.2) is 6.20 Å². The van der Waals surface area contributed by atoms with Crippen LogP contribution in [0.4, 0.5) is 0 Å². The van der Waals surface area contributed by atoms with Gasteiger partial charge in [-0.25, -0.2) is 0 Å². The number of nitrogens with zero attached hydrogens (tertiary/aromatic N) is 2. The minimum atomic E-state index is 0.0914. The van der Waals surface area contributed by atoms with E-state index >= 15 is 0 Å². The van der Waals surface area contributed by atoms with Gasteiger partial charge in [0.05, 0.1) is 5.69 Å². The van der Waals surface area contributed by atoms with Gasteiger partial charge in [0.2, 0.25) is 0 Å². The van der Waals surface area contributed by atoms with Crippen LogP contribution in [0.5, 0.6) is 0 Å². The molecule has 0 bridgehead atoms. The summed E-state index contributed by atoms with van der Waals surface area (Å²) in [6.07, 6.45) is 2.99. The van der Waals surface area contributed by atoms with Gasteiger partial charge >= 0.3 is 0 Å². The highest BCUT2D eigenvalue weighted by Crippen LogP contribution is 2.23. The SMILES string of the molecule is Cn1cc(CNCCSCCCO)c(C(C)(C)C)n1. The fourth-order valence-electron chi connectivity index (χ4n) is 1.93. The molecule has 0 amide bonds. The highest BCUT2D eigenvalue weighted by Gasteiger charge is 2.21. The van der Waals surface area contributed by atoms with Crippen molar-refractivity contribution in [3.8, 4) is 0 Å². The lowest BCUT2D eigenvalue weighted by Gasteiger charge is -2.17. The van der Waals surface area contributed by atoms with Crippen molar-refractivity contribution in [2.75, 3.05) is 24.7 Å². The molecule has 0 unspecified atom stereocenters. The molecule has 4 nitrogen and oxygen atoms in total. The molecule has 0 aliphatic rings. The van der Waals surface area contributed by atoms with Crippen molar-refractivity contribution in [1.29, 1.82) is 0 Å². The molecule has 2 N–H and O–H groups in total. The normalized spacial score (nSPS) is 12.1. The Morgan fingerprint density at radius 3 is 2.74 bits per heavy atom. The van der Waals surface area contributed by atoms with E-state index < -0.39 is 0 Å². The maximum absolute atomic E-state index is 8.69. The van der Waals surface area contributed by atoms with Gasteiger partial charge in [-0.15, -0.1) is 0 Å². The number of aryl methyl sites for hydroxylation is 1. The topological polar surface area (TPSA) is 50.1 Å². The molecule has 1 aromatic heterocycles. The monoisotopic (exact) mass is 285 g/mol. The Bertz CT molecular complexity index is 371. The Morgan fingerprint density at radius 2 is 2.11 bits per heavy atom. The maximum atomic E-state index is 8.69. The number of aromatic nitrogens is 2. The molecule has 19 heavy (non-hydrogen) atoms. The van der Waals surface area contributed by atoms with Gasteiger partial charge in [-0.05, 0) is 12.2 Å². The summed E-state index contributed by atoms with van der Waals surface area (Å²) in [5.74, 6) is 2.13. The van der Waals surface area contributed by atoms with Crippen molar-refractivity contribution in [2.45, 2.75) is 39.2 Å². The molecule has 110 valence electrons. The molecule has 1 aromatic rings. The molecule has 0 fully saturated rings. The van der Waals surface area contributed by atoms with E-state index in [0.717, 1.165) is 31.0 Å². The summed E-state index contributed by atoms with van der Waals surface area (Å²) >= 11 is 1.88. The molecule has 5 heteroatoms. The van der Waals surface area contributed by atoms with Gasteiger partial charge in [-0.2, -0.15) is 16.9 Å². The van der Waals surface area contributed by atoms with Crippen LogP contribution in [0.3, 0.4) is 0 Å². The first-order valence-electron chi connectivity index (χ1n) is 6.87. The zero-order chi connectivity index (χ0) is 14.3. The Kier molecular flexibility index (Phi) is 6.89. The highest BCUT2D eigenvalue weighted by molar-refractivity contribution is 7.99. The van der Waals surface area contributed by atoms with Crippen molar-refractivity contribution in [1.82, 2.24) is 15.1 Å². The summed E-state index contributed by atoms with van der Waals surface area (Å²) in [4.78, 5) is 0. The van der Waals surface area contributed by atoms with Crippen molar-refractivity contribution in [3.05, 3.63) is 17.5 Å². The van der Waals surface area contributed by atoms with Gasteiger partial charge in [0.25, 0.3) is 0 Å². The van der Waals surface area contributed by atoms with E-state index in [1.54, 1.807) is 0 Å². The molecule has 0 radical (unpaired) electrons. The second-order valence-corrected chi connectivity index (χ2v) is 7.02. The fraction of sp³-hybridized carbons (Fsp3) is 0.786. The van der Waals surface area contributed by atoms with Crippen LogP contribution in [0.25, 0.3) is 0 Å². The first kappa shape index (κ1) is 16.5. The van der Waals surface area contributed by atoms with E-state index in [-0.39, 0.29) is 5.41 Å². The zero-order valence-electron chi connectivity index (χ0n) is 12.6. The summed E-state index contributed by atoms with van der Waals surface area (Å²) < 4.78 is 1.90. The van der Waals surface area contributed by atoms with Crippen molar-refractivity contribution < 1.29 is 5.11 Å². The fourth-order valence-corrected chi connectivity index (χ4v) is 2.76. The van der Waals surface area contributed by atoms with E-state index in [9.17, 15) is 0 Å². The molecule has 0 saturated carbocycles. The molecule has 0 spiro atoms. The predicted molar refractivity (Wildman–Crippen MR) is 82.6 cm³/mol. The molecule has 0 aliphatic heterocycles. The summed E-state index contributed by atoms with van der Waals surface area (Å²) in [6.45, 7) is 8.76. The average Bonchev–Trinajstić information content (AvgIpc) is 2.69. The van der Waals surface area contributed by atoms with Gasteiger partial charge in [-0.3, -0.25) is 4.68 Å². The van der Waals surface area contributed by atoms with Crippen molar-refractivity contribution in [2.24, 2.45) is 7.05 Å². The third-order valence-corrected chi connectivity index (χ3v) is 3.87. The second kappa shape index (κ2) is 7.92. The molecule has 1 rings (SSSR count). The summed E-state index contributed by atoms with van der Waals surface area (Å²) in [6, 6.07) is 0. The van der Waals surface area contributed by atoms with Crippen LogP contribution in [0.1, 0.15) is 38.4 Å². The lowest BCUT2D eigenvalue weighted by molar-refractivity contribution is 0.296. The summed E-state index contributed by atoms with van der Waals surface area (Å²) in [5, 5.41) is 16.7. The average molecular weight is 285 g/mol. The standard InChI is InChI=1S/C14H27N3OS/c1-14(2,3)13-12(11-17(4)16-13)10-15-6-9-19-8-5-7-18/h11,15,18H,5-10H2,1-4H3. The number of hydrogen-bond donors (Lipinski definition) is 2. The number of rotatable bonds is 8. The first-order chi connectivity index (χ1) is 8.95. The number of aliphatic hydroxyl groups is 1. The van der Waals surface area contributed by atoms with E-state index in [2.05, 4.69) is 37.4 Å². The van der Waals surface area contributed by atoms with E-state index in [1.807, 2.05) is 23.5 Å². The highest BCUT2D eigenvalue weighted by atomic mass is 32.2. The summed E-state index contributed by atoms with van der Waals surface area (Å²) in [5.41, 5.74) is 2.56. The molecule has 0 saturated heterocycles. The third kappa shape index (κ3) is 5.97. The van der Waals surface area contributed by atoms with Crippen LogP contribution in [-0.4, -0.2) is 39.5 Å². The number of hydrogen-bond acceptors (Lipinski definition) is 4. The molecular formula is C14H27N3OS. The van der Waals surface area contributed by atoms with Gasteiger partial charge < -0.3 is 10.4 Å². The van der Waals surface area contributed by atoms with E-state index in [0.29, 0.717) is 6.61 Å². The summed E-state index contributed by atoms with van der Waals surface area (Å²) in [7, 11) is 1.98. The van der Waals surface area contributed by atoms with Crippen molar-refractivity contribution >= 4 is 11.8 Å². The van der Waals surface area contributed by atoms with Crippen LogP contribution in [0.2, 0.25) is 0 Å². The minimum Gasteiger partial charge on any atom is -0.396 e. The van der Waals surface area contributed by atoms with Crippen LogP contribution in [-0.2, 0) is 19.0 Å². The van der Waals surface area contributed by atoms with Crippen LogP contribution in [0, 0.1) is 0 Å². The van der Waals surface area contributed by atoms with Gasteiger partial charge in [0.1, 0.15) is 0 Å². The number of nitrogens with one attached hydrogen (secondary N) is 1. The molecule has 0 aromatic carbocycles. The minimum absolute atomic E-state index is 0.0914. The van der Waals surface area contributed by atoms with Gasteiger partial charge in [0.15, 0.2) is 0 Å². The molecular weight excluding hydrogens is 258 g/mol. The maximum Gasteiger partial charge on any atom is 0.0722 e. The van der Waals surface area contributed by atoms with E-state index in [1.165, 1.54) is 11.3 Å². The van der Waals surface area contributed by atoms with Gasteiger partial charge in [0, 0.05) is 49.7 Å². The van der Waals surface area contributed by atoms with Gasteiger partial charge in [-0.1, -0.05) is 20.8 Å². The lowest BCUT2D eigenvalue weighted by Crippen LogP contribution is -2.20. The molecule has 0 atom stereocenters. The first-order valence-corrected chi connectivity index (χ1v) is 8.03. The zero-order valence-corrected chi connectivity index (χ0v) is 13.4. The number of thioether (sulfide) groups is 1. The Hall–Kier alpha value is -0.520. The quantitative estimate of drug-likeness (QED) is 0.717. The number of aliphatic hydroxyl groups excluding tert-OH is 1. The Labute approximate surface area is 121 Å². The van der Waals surface area contributed by atoms with Crippen LogP contribution >= 0.6 is 11.8 Å². The molecule has 0 aliphatic carbocycles. The third-order valence-electron chi connectivity index (χ3n) is 2.80. The molecule has 1 heterocycles. The Balaban J connectivity index is 2.33. The lowest BCUT2D eigenvalue weighted by atomic mass is 9.89. The van der Waals surface area contributed by atoms with E-state index in [4.69, 9.17) is 5.11 Å². The smallest absolute Gasteiger partial charge is 0.0722 e. The predicted octanol–water partition coefficient (Wildman–Crippen LogP) is 1.92.